The molecule has 1 unspecified atom stereocenters. The van der Waals surface area contributed by atoms with E-state index in [4.69, 9.17) is 0 Å². The number of hydrogen-bond acceptors (Lipinski definition) is 2. The van der Waals surface area contributed by atoms with E-state index >= 15 is 0 Å². The standard InChI is InChI=1S/C17H20N2O/c1-2-15-17-14(18-10-8-16(17)20)9-11-19(15)12-13-6-4-3-5-7-13/h3-8,10,15H,2,9,11-12H2,1H3,(H,18,20). The van der Waals surface area contributed by atoms with E-state index < -0.39 is 0 Å². The fourth-order valence-electron chi connectivity index (χ4n) is 3.17. The van der Waals surface area contributed by atoms with E-state index in [1.54, 1.807) is 12.3 Å². The quantitative estimate of drug-likeness (QED) is 0.929. The van der Waals surface area contributed by atoms with Gasteiger partial charge in [0.1, 0.15) is 0 Å². The largest absolute Gasteiger partial charge is 0.364 e. The molecule has 0 bridgehead atoms. The summed E-state index contributed by atoms with van der Waals surface area (Å²) in [4.78, 5) is 17.9. The number of benzene rings is 1. The van der Waals surface area contributed by atoms with Crippen molar-refractivity contribution in [3.05, 3.63) is 69.6 Å². The van der Waals surface area contributed by atoms with Gasteiger partial charge in [-0.25, -0.2) is 0 Å². The molecule has 104 valence electrons. The molecule has 0 saturated heterocycles. The van der Waals surface area contributed by atoms with Crippen molar-refractivity contribution in [1.82, 2.24) is 9.88 Å². The van der Waals surface area contributed by atoms with Crippen molar-refractivity contribution in [2.45, 2.75) is 32.4 Å². The van der Waals surface area contributed by atoms with Gasteiger partial charge in [0.25, 0.3) is 0 Å². The number of fused-ring (bicyclic) bond motifs is 1. The molecule has 1 aliphatic heterocycles. The first kappa shape index (κ1) is 13.1. The van der Waals surface area contributed by atoms with Crippen LogP contribution >= 0.6 is 0 Å². The summed E-state index contributed by atoms with van der Waals surface area (Å²) >= 11 is 0. The molecule has 1 aliphatic rings. The first-order chi connectivity index (χ1) is 9.79. The van der Waals surface area contributed by atoms with Crippen molar-refractivity contribution in [3.8, 4) is 0 Å². The van der Waals surface area contributed by atoms with E-state index in [1.807, 2.05) is 6.07 Å². The Hall–Kier alpha value is -1.87. The van der Waals surface area contributed by atoms with Crippen molar-refractivity contribution < 1.29 is 0 Å². The minimum Gasteiger partial charge on any atom is -0.364 e. The molecule has 1 aromatic carbocycles. The summed E-state index contributed by atoms with van der Waals surface area (Å²) < 4.78 is 0. The SMILES string of the molecule is CCC1c2c([nH]ccc2=O)CCN1Cc1ccccc1. The third-order valence-corrected chi connectivity index (χ3v) is 4.12. The molecule has 0 aliphatic carbocycles. The van der Waals surface area contributed by atoms with Gasteiger partial charge in [-0.15, -0.1) is 0 Å². The molecule has 0 saturated carbocycles. The van der Waals surface area contributed by atoms with Gasteiger partial charge in [-0.1, -0.05) is 37.3 Å². The van der Waals surface area contributed by atoms with Crippen molar-refractivity contribution in [2.75, 3.05) is 6.54 Å². The third kappa shape index (κ3) is 2.41. The zero-order valence-electron chi connectivity index (χ0n) is 11.8. The van der Waals surface area contributed by atoms with Crippen molar-refractivity contribution >= 4 is 0 Å². The molecule has 3 nitrogen and oxygen atoms in total. The zero-order chi connectivity index (χ0) is 13.9. The lowest BCUT2D eigenvalue weighted by Gasteiger charge is -2.36. The van der Waals surface area contributed by atoms with Crippen LogP contribution in [0.4, 0.5) is 0 Å². The monoisotopic (exact) mass is 268 g/mol. The smallest absolute Gasteiger partial charge is 0.186 e. The van der Waals surface area contributed by atoms with Crippen LogP contribution < -0.4 is 5.43 Å². The Bertz CT molecular complexity index is 633. The maximum absolute atomic E-state index is 12.2. The Morgan fingerprint density at radius 2 is 2.05 bits per heavy atom. The van der Waals surface area contributed by atoms with Gasteiger partial charge in [-0.05, 0) is 12.0 Å². The predicted molar refractivity (Wildman–Crippen MR) is 80.7 cm³/mol. The van der Waals surface area contributed by atoms with Gasteiger partial charge in [0.15, 0.2) is 5.43 Å². The minimum absolute atomic E-state index is 0.170. The van der Waals surface area contributed by atoms with E-state index in [0.717, 1.165) is 37.2 Å². The molecular weight excluding hydrogens is 248 g/mol. The van der Waals surface area contributed by atoms with Crippen LogP contribution in [0.5, 0.6) is 0 Å². The average Bonchev–Trinajstić information content (AvgIpc) is 2.49. The molecule has 0 amide bonds. The highest BCUT2D eigenvalue weighted by atomic mass is 16.1. The van der Waals surface area contributed by atoms with Gasteiger partial charge in [0.2, 0.25) is 0 Å². The lowest BCUT2D eigenvalue weighted by atomic mass is 9.94. The summed E-state index contributed by atoms with van der Waals surface area (Å²) in [6.45, 7) is 4.07. The van der Waals surface area contributed by atoms with Gasteiger partial charge in [0.05, 0.1) is 0 Å². The van der Waals surface area contributed by atoms with Gasteiger partial charge in [-0.2, -0.15) is 0 Å². The summed E-state index contributed by atoms with van der Waals surface area (Å²) in [6, 6.07) is 12.4. The van der Waals surface area contributed by atoms with Crippen molar-refractivity contribution in [2.24, 2.45) is 0 Å². The van der Waals surface area contributed by atoms with Crippen LogP contribution in [0.2, 0.25) is 0 Å². The molecule has 2 aromatic rings. The highest BCUT2D eigenvalue weighted by Gasteiger charge is 2.28. The van der Waals surface area contributed by atoms with E-state index in [2.05, 4.69) is 41.1 Å². The number of nitrogens with one attached hydrogen (secondary N) is 1. The van der Waals surface area contributed by atoms with Crippen LogP contribution in [0, 0.1) is 0 Å². The van der Waals surface area contributed by atoms with Crippen molar-refractivity contribution in [3.63, 3.8) is 0 Å². The molecule has 3 rings (SSSR count). The Balaban J connectivity index is 1.91. The Morgan fingerprint density at radius 3 is 2.80 bits per heavy atom. The summed E-state index contributed by atoms with van der Waals surface area (Å²) in [6.07, 6.45) is 3.66. The van der Waals surface area contributed by atoms with Crippen LogP contribution in [-0.4, -0.2) is 16.4 Å². The Morgan fingerprint density at radius 1 is 1.25 bits per heavy atom. The molecule has 0 radical (unpaired) electrons. The van der Waals surface area contributed by atoms with Crippen LogP contribution in [0.15, 0.2) is 47.4 Å². The topological polar surface area (TPSA) is 36.1 Å². The highest BCUT2D eigenvalue weighted by Crippen LogP contribution is 2.29. The average molecular weight is 268 g/mol. The highest BCUT2D eigenvalue weighted by molar-refractivity contribution is 5.27. The lowest BCUT2D eigenvalue weighted by molar-refractivity contribution is 0.168. The molecule has 3 heteroatoms. The summed E-state index contributed by atoms with van der Waals surface area (Å²) in [5, 5.41) is 0. The molecule has 1 atom stereocenters. The van der Waals surface area contributed by atoms with Crippen LogP contribution in [-0.2, 0) is 13.0 Å². The maximum Gasteiger partial charge on any atom is 0.186 e. The number of hydrogen-bond donors (Lipinski definition) is 1. The summed E-state index contributed by atoms with van der Waals surface area (Å²) in [5.41, 5.74) is 3.57. The van der Waals surface area contributed by atoms with Crippen LogP contribution in [0.3, 0.4) is 0 Å². The Kier molecular flexibility index (Phi) is 3.70. The predicted octanol–water partition coefficient (Wildman–Crippen LogP) is 2.88. The number of aromatic nitrogens is 1. The first-order valence-electron chi connectivity index (χ1n) is 7.28. The Labute approximate surface area is 119 Å². The van der Waals surface area contributed by atoms with Gasteiger partial charge in [0, 0.05) is 49.1 Å². The van der Waals surface area contributed by atoms with Crippen LogP contribution in [0.1, 0.15) is 36.2 Å². The van der Waals surface area contributed by atoms with Crippen LogP contribution in [0.25, 0.3) is 0 Å². The molecule has 1 aromatic heterocycles. The zero-order valence-corrected chi connectivity index (χ0v) is 11.8. The summed E-state index contributed by atoms with van der Waals surface area (Å²) in [7, 11) is 0. The second kappa shape index (κ2) is 5.63. The van der Waals surface area contributed by atoms with E-state index in [0.29, 0.717) is 0 Å². The number of nitrogens with zero attached hydrogens (tertiary/aromatic N) is 1. The molecule has 0 fully saturated rings. The fraction of sp³-hybridized carbons (Fsp3) is 0.353. The molecule has 0 spiro atoms. The van der Waals surface area contributed by atoms with Crippen molar-refractivity contribution in [1.29, 1.82) is 0 Å². The first-order valence-corrected chi connectivity index (χ1v) is 7.28. The third-order valence-electron chi connectivity index (χ3n) is 4.12. The van der Waals surface area contributed by atoms with Gasteiger partial charge < -0.3 is 4.98 Å². The normalized spacial score (nSPS) is 18.8. The molecule has 1 N–H and O–H groups in total. The maximum atomic E-state index is 12.2. The molecular formula is C17H20N2O. The lowest BCUT2D eigenvalue weighted by Crippen LogP contribution is -2.38. The second-order valence-corrected chi connectivity index (χ2v) is 5.36. The number of aromatic amines is 1. The number of H-pyrrole nitrogens is 1. The number of pyridine rings is 1. The summed E-state index contributed by atoms with van der Waals surface area (Å²) in [5.74, 6) is 0. The molecule has 20 heavy (non-hydrogen) atoms. The minimum atomic E-state index is 0.170. The molecule has 2 heterocycles. The van der Waals surface area contributed by atoms with E-state index in [-0.39, 0.29) is 11.5 Å². The fourth-order valence-corrected chi connectivity index (χ4v) is 3.17. The van der Waals surface area contributed by atoms with E-state index in [9.17, 15) is 4.79 Å². The van der Waals surface area contributed by atoms with E-state index in [1.165, 1.54) is 5.56 Å². The van der Waals surface area contributed by atoms with Gasteiger partial charge in [-0.3, -0.25) is 9.69 Å². The van der Waals surface area contributed by atoms with Gasteiger partial charge >= 0.3 is 0 Å². The second-order valence-electron chi connectivity index (χ2n) is 5.36. The number of rotatable bonds is 3.